The van der Waals surface area contributed by atoms with Gasteiger partial charge in [-0.2, -0.15) is 4.89 Å². The van der Waals surface area contributed by atoms with Gasteiger partial charge in [0.25, 0.3) is 0 Å². The van der Waals surface area contributed by atoms with E-state index in [0.717, 1.165) is 11.8 Å². The Bertz CT molecular complexity index is 272. The first-order valence-corrected chi connectivity index (χ1v) is 7.12. The summed E-state index contributed by atoms with van der Waals surface area (Å²) in [6.45, 7) is 9.51. The lowest BCUT2D eigenvalue weighted by atomic mass is 10.2. The lowest BCUT2D eigenvalue weighted by Gasteiger charge is -2.15. The first kappa shape index (κ1) is 16.2. The van der Waals surface area contributed by atoms with E-state index in [1.165, 1.54) is 0 Å². The molecule has 0 N–H and O–H groups in total. The molecule has 0 atom stereocenters. The number of rotatable bonds is 7. The Morgan fingerprint density at radius 2 is 1.76 bits per heavy atom. The van der Waals surface area contributed by atoms with Crippen molar-refractivity contribution in [3.63, 3.8) is 0 Å². The molecule has 0 aromatic heterocycles. The van der Waals surface area contributed by atoms with Gasteiger partial charge in [0.05, 0.1) is 33.4 Å². The second kappa shape index (κ2) is 8.30. The molecule has 0 bridgehead atoms. The zero-order valence-electron chi connectivity index (χ0n) is 11.7. The van der Waals surface area contributed by atoms with Gasteiger partial charge in [-0.15, -0.1) is 0 Å². The van der Waals surface area contributed by atoms with E-state index in [4.69, 9.17) is 14.5 Å². The van der Waals surface area contributed by atoms with E-state index in [1.807, 2.05) is 34.6 Å². The van der Waals surface area contributed by atoms with Crippen molar-refractivity contribution in [2.45, 2.75) is 59.7 Å². The van der Waals surface area contributed by atoms with Crippen molar-refractivity contribution in [1.29, 1.82) is 0 Å². The monoisotopic (exact) mass is 260 g/mol. The molecule has 0 aliphatic rings. The Kier molecular flexibility index (Phi) is 7.91. The van der Waals surface area contributed by atoms with Crippen LogP contribution in [-0.2, 0) is 19.3 Å². The highest BCUT2D eigenvalue weighted by Crippen LogP contribution is 2.14. The Labute approximate surface area is 107 Å². The van der Waals surface area contributed by atoms with Crippen molar-refractivity contribution in [3.05, 3.63) is 11.0 Å². The van der Waals surface area contributed by atoms with E-state index in [1.54, 1.807) is 0 Å². The smallest absolute Gasteiger partial charge is 0.371 e. The van der Waals surface area contributed by atoms with Crippen LogP contribution in [0.1, 0.15) is 47.5 Å². The quantitative estimate of drug-likeness (QED) is 0.230. The van der Waals surface area contributed by atoms with Gasteiger partial charge in [0.2, 0.25) is 0 Å². The van der Waals surface area contributed by atoms with Gasteiger partial charge < -0.3 is 4.74 Å². The highest BCUT2D eigenvalue weighted by Gasteiger charge is 2.17. The summed E-state index contributed by atoms with van der Waals surface area (Å²) in [6, 6.07) is 0. The first-order valence-electron chi connectivity index (χ1n) is 6.12. The molecule has 0 aliphatic heterocycles. The van der Waals surface area contributed by atoms with E-state index >= 15 is 0 Å². The normalized spacial score (nSPS) is 12.9. The molecule has 0 spiro atoms. The van der Waals surface area contributed by atoms with Gasteiger partial charge in [0, 0.05) is 0 Å². The number of hydrogen-bond acceptors (Lipinski definition) is 4. The van der Waals surface area contributed by atoms with Crippen LogP contribution in [0.4, 0.5) is 0 Å². The maximum absolute atomic E-state index is 11.8. The fraction of sp³-hybridized carbons (Fsp3) is 0.750. The molecule has 5 heteroatoms. The zero-order valence-corrected chi connectivity index (χ0v) is 13.7. The third-order valence-corrected chi connectivity index (χ3v) is 2.74. The van der Waals surface area contributed by atoms with Gasteiger partial charge in [0.15, 0.2) is 0 Å². The molecular formula is C12H24O4Si. The van der Waals surface area contributed by atoms with Gasteiger partial charge in [-0.25, -0.2) is 4.79 Å². The SMILES string of the molecule is CCCC(C(=O)OOC(C)C)=C([SiH3])OC(C)C. The first-order chi connectivity index (χ1) is 7.88. The number of ether oxygens (including phenoxy) is 1. The van der Waals surface area contributed by atoms with E-state index in [0.29, 0.717) is 22.2 Å². The van der Waals surface area contributed by atoms with Crippen LogP contribution >= 0.6 is 0 Å². The molecule has 4 nitrogen and oxygen atoms in total. The fourth-order valence-corrected chi connectivity index (χ4v) is 2.21. The summed E-state index contributed by atoms with van der Waals surface area (Å²) in [5.41, 5.74) is 0.605. The summed E-state index contributed by atoms with van der Waals surface area (Å²) < 4.78 is 5.58. The second-order valence-corrected chi connectivity index (χ2v) is 5.38. The molecule has 0 rings (SSSR count). The Hall–Kier alpha value is -0.813. The van der Waals surface area contributed by atoms with Crippen LogP contribution in [-0.4, -0.2) is 28.4 Å². The molecule has 100 valence electrons. The average Bonchev–Trinajstić information content (AvgIpc) is 2.21. The molecular weight excluding hydrogens is 236 g/mol. The van der Waals surface area contributed by atoms with Crippen molar-refractivity contribution < 1.29 is 19.3 Å². The third kappa shape index (κ3) is 7.17. The molecule has 0 aliphatic carbocycles. The van der Waals surface area contributed by atoms with E-state index in [9.17, 15) is 4.79 Å². The van der Waals surface area contributed by atoms with Crippen molar-refractivity contribution in [1.82, 2.24) is 0 Å². The van der Waals surface area contributed by atoms with Gasteiger partial charge in [0.1, 0.15) is 0 Å². The fourth-order valence-electron chi connectivity index (χ4n) is 1.29. The standard InChI is InChI=1S/C12H24O4Si/c1-6-7-10(12(17)14-8(2)3)11(13)16-15-9(4)5/h8-9H,6-7H2,1-5,17H3. The lowest BCUT2D eigenvalue weighted by Crippen LogP contribution is -2.16. The Morgan fingerprint density at radius 1 is 1.18 bits per heavy atom. The minimum Gasteiger partial charge on any atom is -0.501 e. The number of carbonyl (C=O) groups excluding carboxylic acids is 1. The van der Waals surface area contributed by atoms with Crippen LogP contribution in [0, 0.1) is 0 Å². The van der Waals surface area contributed by atoms with Crippen LogP contribution < -0.4 is 0 Å². The van der Waals surface area contributed by atoms with Gasteiger partial charge in [-0.1, -0.05) is 13.3 Å². The summed E-state index contributed by atoms with van der Waals surface area (Å²) in [7, 11) is 0.687. The third-order valence-electron chi connectivity index (χ3n) is 1.90. The van der Waals surface area contributed by atoms with Crippen LogP contribution in [0.2, 0.25) is 0 Å². The molecule has 17 heavy (non-hydrogen) atoms. The molecule has 0 amide bonds. The van der Waals surface area contributed by atoms with Gasteiger partial charge >= 0.3 is 5.97 Å². The van der Waals surface area contributed by atoms with E-state index < -0.39 is 5.97 Å². The van der Waals surface area contributed by atoms with Crippen molar-refractivity contribution in [3.8, 4) is 0 Å². The Balaban J connectivity index is 4.64. The second-order valence-electron chi connectivity index (χ2n) is 4.47. The highest BCUT2D eigenvalue weighted by atomic mass is 28.1. The predicted molar refractivity (Wildman–Crippen MR) is 70.4 cm³/mol. The van der Waals surface area contributed by atoms with Crippen molar-refractivity contribution in [2.24, 2.45) is 0 Å². The summed E-state index contributed by atoms with van der Waals surface area (Å²) in [5.74, 6) is -0.425. The number of hydrogen-bond donors (Lipinski definition) is 0. The van der Waals surface area contributed by atoms with Gasteiger partial charge in [-0.05, 0) is 34.1 Å². The average molecular weight is 260 g/mol. The summed E-state index contributed by atoms with van der Waals surface area (Å²) >= 11 is 0. The molecule has 0 aromatic carbocycles. The summed E-state index contributed by atoms with van der Waals surface area (Å²) in [4.78, 5) is 21.4. The maximum Gasteiger partial charge on any atom is 0.371 e. The number of carbonyl (C=O) groups is 1. The summed E-state index contributed by atoms with van der Waals surface area (Å²) in [6.07, 6.45) is 1.48. The topological polar surface area (TPSA) is 44.8 Å². The zero-order chi connectivity index (χ0) is 13.4. The lowest BCUT2D eigenvalue weighted by molar-refractivity contribution is -0.288. The van der Waals surface area contributed by atoms with Crippen LogP contribution in [0.25, 0.3) is 0 Å². The molecule has 0 radical (unpaired) electrons. The maximum atomic E-state index is 11.8. The molecule has 0 aromatic rings. The summed E-state index contributed by atoms with van der Waals surface area (Å²) in [5, 5.41) is 0.749. The molecule has 0 saturated carbocycles. The van der Waals surface area contributed by atoms with Crippen LogP contribution in [0.15, 0.2) is 11.0 Å². The van der Waals surface area contributed by atoms with E-state index in [-0.39, 0.29) is 12.2 Å². The molecule has 0 fully saturated rings. The minimum atomic E-state index is -0.425. The predicted octanol–water partition coefficient (Wildman–Crippen LogP) is 1.67. The molecule has 0 unspecified atom stereocenters. The highest BCUT2D eigenvalue weighted by molar-refractivity contribution is 6.23. The van der Waals surface area contributed by atoms with Gasteiger partial charge in [-0.3, -0.25) is 4.89 Å². The van der Waals surface area contributed by atoms with Crippen LogP contribution in [0.3, 0.4) is 0 Å². The van der Waals surface area contributed by atoms with Crippen molar-refractivity contribution >= 4 is 16.2 Å². The minimum absolute atomic E-state index is 0.0770. The molecule has 0 heterocycles. The van der Waals surface area contributed by atoms with Crippen molar-refractivity contribution in [2.75, 3.05) is 0 Å². The largest absolute Gasteiger partial charge is 0.501 e. The molecule has 0 saturated heterocycles. The van der Waals surface area contributed by atoms with E-state index in [2.05, 4.69) is 0 Å². The Morgan fingerprint density at radius 3 is 2.18 bits per heavy atom. The van der Waals surface area contributed by atoms with Crippen LogP contribution in [0.5, 0.6) is 0 Å².